The van der Waals surface area contributed by atoms with E-state index in [-0.39, 0.29) is 6.61 Å². The van der Waals surface area contributed by atoms with Crippen molar-refractivity contribution >= 4 is 5.91 Å². The zero-order chi connectivity index (χ0) is 39.4. The van der Waals surface area contributed by atoms with Gasteiger partial charge in [-0.1, -0.05) is 237 Å². The minimum absolute atomic E-state index is 0.363. The van der Waals surface area contributed by atoms with Crippen LogP contribution in [0, 0.1) is 0 Å². The molecule has 3 atom stereocenters. The molecule has 5 heteroatoms. The Morgan fingerprint density at radius 1 is 0.444 bits per heavy atom. The van der Waals surface area contributed by atoms with Gasteiger partial charge in [0, 0.05) is 0 Å². The van der Waals surface area contributed by atoms with Crippen LogP contribution >= 0.6 is 0 Å². The fourth-order valence-corrected chi connectivity index (χ4v) is 7.47. The Labute approximate surface area is 337 Å². The highest BCUT2D eigenvalue weighted by Crippen LogP contribution is 2.16. The summed E-state index contributed by atoms with van der Waals surface area (Å²) in [5.41, 5.74) is 0. The van der Waals surface area contributed by atoms with Crippen LogP contribution in [0.5, 0.6) is 0 Å². The van der Waals surface area contributed by atoms with Crippen LogP contribution in [0.4, 0.5) is 0 Å². The largest absolute Gasteiger partial charge is 0.394 e. The molecule has 4 N–H and O–H groups in total. The SMILES string of the molecule is CCCCCCCCCCCCC/C=C\CCCCCCCCC(O)C(=O)NC(CO)C(O)/C=C/CCCCCCCCCCCCCCCCCCC. The molecule has 1 amide bonds. The highest BCUT2D eigenvalue weighted by Gasteiger charge is 2.22. The zero-order valence-electron chi connectivity index (χ0n) is 36.4. The second-order valence-electron chi connectivity index (χ2n) is 16.7. The molecule has 0 aromatic heterocycles. The summed E-state index contributed by atoms with van der Waals surface area (Å²) in [5.74, 6) is -0.505. The smallest absolute Gasteiger partial charge is 0.249 e. The molecule has 0 aliphatic heterocycles. The van der Waals surface area contributed by atoms with Crippen molar-refractivity contribution in [3.63, 3.8) is 0 Å². The molecule has 54 heavy (non-hydrogen) atoms. The van der Waals surface area contributed by atoms with Crippen LogP contribution in [0.15, 0.2) is 24.3 Å². The van der Waals surface area contributed by atoms with E-state index in [0.29, 0.717) is 6.42 Å². The molecule has 0 aliphatic carbocycles. The third-order valence-corrected chi connectivity index (χ3v) is 11.3. The molecule has 0 rings (SSSR count). The van der Waals surface area contributed by atoms with Crippen molar-refractivity contribution in [1.29, 1.82) is 0 Å². The van der Waals surface area contributed by atoms with E-state index in [1.807, 2.05) is 6.08 Å². The Bertz CT molecular complexity index is 799. The minimum atomic E-state index is -1.10. The fraction of sp³-hybridized carbons (Fsp3) is 0.898. The number of amides is 1. The minimum Gasteiger partial charge on any atom is -0.394 e. The van der Waals surface area contributed by atoms with E-state index in [1.54, 1.807) is 6.08 Å². The first kappa shape index (κ1) is 52.8. The van der Waals surface area contributed by atoms with Gasteiger partial charge < -0.3 is 20.6 Å². The standard InChI is InChI=1S/C49H95NO4/c1-3-5-7-9-11-13-15-17-19-21-23-24-26-28-30-32-34-36-38-40-42-44-48(53)49(54)50-46(45-51)47(52)43-41-39-37-35-33-31-29-27-25-22-20-18-16-14-12-10-8-6-4-2/h26,28,41,43,46-48,51-53H,3-25,27,29-40,42,44-45H2,1-2H3,(H,50,54)/b28-26-,43-41+. The molecule has 0 aromatic rings. The number of allylic oxidation sites excluding steroid dienone is 3. The van der Waals surface area contributed by atoms with E-state index in [1.165, 1.54) is 205 Å². The summed E-state index contributed by atoms with van der Waals surface area (Å²) in [6.07, 6.45) is 55.0. The highest BCUT2D eigenvalue weighted by molar-refractivity contribution is 5.80. The Hall–Kier alpha value is -1.17. The molecule has 3 unspecified atom stereocenters. The van der Waals surface area contributed by atoms with Crippen molar-refractivity contribution in [3.8, 4) is 0 Å². The third-order valence-electron chi connectivity index (χ3n) is 11.3. The third kappa shape index (κ3) is 39.1. The van der Waals surface area contributed by atoms with E-state index in [9.17, 15) is 20.1 Å². The first-order chi connectivity index (χ1) is 26.6. The molecular weight excluding hydrogens is 667 g/mol. The summed E-state index contributed by atoms with van der Waals surface area (Å²) in [5, 5.41) is 33.2. The van der Waals surface area contributed by atoms with Crippen LogP contribution in [-0.4, -0.2) is 46.1 Å². The summed E-state index contributed by atoms with van der Waals surface area (Å²) in [6, 6.07) is -0.798. The molecule has 320 valence electrons. The first-order valence-corrected chi connectivity index (χ1v) is 24.2. The maximum absolute atomic E-state index is 12.5. The van der Waals surface area contributed by atoms with Gasteiger partial charge in [0.15, 0.2) is 0 Å². The number of carbonyl (C=O) groups is 1. The number of unbranched alkanes of at least 4 members (excludes halogenated alkanes) is 34. The molecule has 0 bridgehead atoms. The number of carbonyl (C=O) groups excluding carboxylic acids is 1. The summed E-state index contributed by atoms with van der Waals surface area (Å²) < 4.78 is 0. The second kappa shape index (κ2) is 44.5. The van der Waals surface area contributed by atoms with Crippen molar-refractivity contribution in [1.82, 2.24) is 5.32 Å². The Morgan fingerprint density at radius 3 is 1.07 bits per heavy atom. The molecule has 0 spiro atoms. The van der Waals surface area contributed by atoms with Gasteiger partial charge in [0.1, 0.15) is 6.10 Å². The van der Waals surface area contributed by atoms with Crippen molar-refractivity contribution in [2.24, 2.45) is 0 Å². The number of hydrogen-bond donors (Lipinski definition) is 4. The quantitative estimate of drug-likeness (QED) is 0.0368. The lowest BCUT2D eigenvalue weighted by molar-refractivity contribution is -0.131. The van der Waals surface area contributed by atoms with Crippen LogP contribution in [0.1, 0.15) is 258 Å². The first-order valence-electron chi connectivity index (χ1n) is 24.2. The topological polar surface area (TPSA) is 89.8 Å². The van der Waals surface area contributed by atoms with E-state index < -0.39 is 24.2 Å². The molecule has 0 saturated heterocycles. The lowest BCUT2D eigenvalue weighted by atomic mass is 10.0. The van der Waals surface area contributed by atoms with Crippen LogP contribution in [0.3, 0.4) is 0 Å². The Morgan fingerprint density at radius 2 is 0.741 bits per heavy atom. The van der Waals surface area contributed by atoms with Gasteiger partial charge in [0.25, 0.3) is 0 Å². The fourth-order valence-electron chi connectivity index (χ4n) is 7.47. The zero-order valence-corrected chi connectivity index (χ0v) is 36.4. The number of nitrogens with one attached hydrogen (secondary N) is 1. The number of aliphatic hydroxyl groups excluding tert-OH is 3. The molecule has 5 nitrogen and oxygen atoms in total. The van der Waals surface area contributed by atoms with Gasteiger partial charge in [-0.05, 0) is 44.9 Å². The van der Waals surface area contributed by atoms with Gasteiger partial charge in [0.2, 0.25) is 5.91 Å². The lowest BCUT2D eigenvalue weighted by Crippen LogP contribution is -2.48. The average Bonchev–Trinajstić information content (AvgIpc) is 3.18. The van der Waals surface area contributed by atoms with Crippen molar-refractivity contribution < 1.29 is 20.1 Å². The van der Waals surface area contributed by atoms with Crippen molar-refractivity contribution in [2.45, 2.75) is 276 Å². The summed E-state index contributed by atoms with van der Waals surface area (Å²) >= 11 is 0. The van der Waals surface area contributed by atoms with Gasteiger partial charge in [-0.2, -0.15) is 0 Å². The van der Waals surface area contributed by atoms with Crippen LogP contribution in [0.2, 0.25) is 0 Å². The Kier molecular flexibility index (Phi) is 43.6. The van der Waals surface area contributed by atoms with E-state index in [0.717, 1.165) is 32.1 Å². The molecule has 0 aromatic carbocycles. The van der Waals surface area contributed by atoms with Gasteiger partial charge in [-0.3, -0.25) is 4.79 Å². The predicted molar refractivity (Wildman–Crippen MR) is 236 cm³/mol. The van der Waals surface area contributed by atoms with Gasteiger partial charge in [-0.15, -0.1) is 0 Å². The number of hydrogen-bond acceptors (Lipinski definition) is 4. The number of aliphatic hydroxyl groups is 3. The normalized spacial score (nSPS) is 13.6. The summed E-state index contributed by atoms with van der Waals surface area (Å²) in [4.78, 5) is 12.5. The maximum Gasteiger partial charge on any atom is 0.249 e. The molecule has 0 fully saturated rings. The van der Waals surface area contributed by atoms with Gasteiger partial charge in [-0.25, -0.2) is 0 Å². The second-order valence-corrected chi connectivity index (χ2v) is 16.7. The maximum atomic E-state index is 12.5. The van der Waals surface area contributed by atoms with E-state index in [2.05, 4.69) is 31.3 Å². The summed E-state index contributed by atoms with van der Waals surface area (Å²) in [7, 11) is 0. The molecule has 0 radical (unpaired) electrons. The van der Waals surface area contributed by atoms with Gasteiger partial charge >= 0.3 is 0 Å². The van der Waals surface area contributed by atoms with Crippen LogP contribution in [0.25, 0.3) is 0 Å². The molecule has 0 aliphatic rings. The lowest BCUT2D eigenvalue weighted by Gasteiger charge is -2.21. The monoisotopic (exact) mass is 762 g/mol. The van der Waals surface area contributed by atoms with Crippen molar-refractivity contribution in [2.75, 3.05) is 6.61 Å². The van der Waals surface area contributed by atoms with Crippen LogP contribution in [-0.2, 0) is 4.79 Å². The number of rotatable bonds is 44. The average molecular weight is 762 g/mol. The molecule has 0 saturated carbocycles. The molecular formula is C49H95NO4. The van der Waals surface area contributed by atoms with E-state index >= 15 is 0 Å². The summed E-state index contributed by atoms with van der Waals surface area (Å²) in [6.45, 7) is 4.20. The van der Waals surface area contributed by atoms with Gasteiger partial charge in [0.05, 0.1) is 18.8 Å². The highest BCUT2D eigenvalue weighted by atomic mass is 16.3. The van der Waals surface area contributed by atoms with Crippen molar-refractivity contribution in [3.05, 3.63) is 24.3 Å². The molecule has 0 heterocycles. The predicted octanol–water partition coefficient (Wildman–Crippen LogP) is 14.2. The van der Waals surface area contributed by atoms with Crippen LogP contribution < -0.4 is 5.32 Å². The Balaban J connectivity index is 3.64. The van der Waals surface area contributed by atoms with E-state index in [4.69, 9.17) is 0 Å².